The zero-order valence-corrected chi connectivity index (χ0v) is 13.9. The molecule has 3 rings (SSSR count). The van der Waals surface area contributed by atoms with Crippen LogP contribution in [0.3, 0.4) is 0 Å². The topological polar surface area (TPSA) is 61.8 Å². The van der Waals surface area contributed by atoms with Gasteiger partial charge in [-0.3, -0.25) is 14.9 Å². The van der Waals surface area contributed by atoms with Gasteiger partial charge in [0.25, 0.3) is 5.91 Å². The minimum absolute atomic E-state index is 0.475. The van der Waals surface area contributed by atoms with E-state index in [1.54, 1.807) is 11.5 Å². The van der Waals surface area contributed by atoms with Crippen LogP contribution in [0.15, 0.2) is 42.5 Å². The van der Waals surface area contributed by atoms with Gasteiger partial charge in [0, 0.05) is 30.2 Å². The van der Waals surface area contributed by atoms with Gasteiger partial charge in [-0.1, -0.05) is 17.7 Å². The van der Waals surface area contributed by atoms with Gasteiger partial charge < -0.3 is 4.74 Å². The molecule has 0 saturated carbocycles. The van der Waals surface area contributed by atoms with Gasteiger partial charge in [0.1, 0.15) is 12.4 Å². The summed E-state index contributed by atoms with van der Waals surface area (Å²) in [6.45, 7) is 3.20. The molecule has 0 spiro atoms. The minimum atomic E-state index is -0.475. The summed E-state index contributed by atoms with van der Waals surface area (Å²) >= 11 is 5.85. The number of rotatable bonds is 5. The quantitative estimate of drug-likeness (QED) is 0.645. The smallest absolute Gasteiger partial charge is 0.274 e. The highest BCUT2D eigenvalue weighted by Crippen LogP contribution is 2.21. The van der Waals surface area contributed by atoms with Gasteiger partial charge in [0.2, 0.25) is 0 Å². The number of carbonyl (C=O) groups excluding carboxylic acids is 1. The Labute approximate surface area is 145 Å². The Balaban J connectivity index is 1.53. The summed E-state index contributed by atoms with van der Waals surface area (Å²) in [5.41, 5.74) is 4.52. The molecule has 1 amide bonds. The highest BCUT2D eigenvalue weighted by molar-refractivity contribution is 6.30. The van der Waals surface area contributed by atoms with Crippen molar-refractivity contribution in [3.8, 4) is 5.75 Å². The van der Waals surface area contributed by atoms with E-state index >= 15 is 0 Å². The lowest BCUT2D eigenvalue weighted by molar-refractivity contribution is 0.0706. The number of halogens is 1. The first-order valence-corrected chi connectivity index (χ1v) is 8.20. The number of benzene rings is 2. The van der Waals surface area contributed by atoms with E-state index in [0.717, 1.165) is 37.4 Å². The molecular weight excluding hydrogens is 328 g/mol. The monoisotopic (exact) mass is 346 g/mol. The van der Waals surface area contributed by atoms with Crippen molar-refractivity contribution in [3.63, 3.8) is 0 Å². The number of amides is 1. The number of hydroxylamine groups is 1. The lowest BCUT2D eigenvalue weighted by atomic mass is 9.97. The summed E-state index contributed by atoms with van der Waals surface area (Å²) in [7, 11) is 0. The van der Waals surface area contributed by atoms with E-state index in [2.05, 4.69) is 4.90 Å². The molecule has 0 atom stereocenters. The van der Waals surface area contributed by atoms with Crippen molar-refractivity contribution in [2.45, 2.75) is 13.0 Å². The number of fused-ring (bicyclic) bond motifs is 1. The molecule has 2 aromatic carbocycles. The molecule has 0 aliphatic carbocycles. The number of carbonyl (C=O) groups is 1. The van der Waals surface area contributed by atoms with E-state index in [1.807, 2.05) is 36.4 Å². The van der Waals surface area contributed by atoms with Gasteiger partial charge in [-0.05, 0) is 53.9 Å². The summed E-state index contributed by atoms with van der Waals surface area (Å²) in [6, 6.07) is 12.9. The second-order valence-electron chi connectivity index (χ2n) is 5.75. The third-order valence-corrected chi connectivity index (χ3v) is 4.40. The summed E-state index contributed by atoms with van der Waals surface area (Å²) in [4.78, 5) is 13.8. The van der Waals surface area contributed by atoms with Crippen molar-refractivity contribution in [2.24, 2.45) is 0 Å². The lowest BCUT2D eigenvalue weighted by Gasteiger charge is -2.28. The highest BCUT2D eigenvalue weighted by Gasteiger charge is 2.17. The largest absolute Gasteiger partial charge is 0.492 e. The first kappa shape index (κ1) is 16.8. The average Bonchev–Trinajstić information content (AvgIpc) is 2.62. The third-order valence-electron chi connectivity index (χ3n) is 4.15. The second kappa shape index (κ2) is 7.66. The van der Waals surface area contributed by atoms with Crippen molar-refractivity contribution >= 4 is 17.5 Å². The molecule has 0 saturated heterocycles. The van der Waals surface area contributed by atoms with Gasteiger partial charge in [0.05, 0.1) is 0 Å². The van der Waals surface area contributed by atoms with E-state index < -0.39 is 5.91 Å². The normalized spacial score (nSPS) is 14.1. The molecule has 0 radical (unpaired) electrons. The van der Waals surface area contributed by atoms with E-state index in [9.17, 15) is 4.79 Å². The number of nitrogens with zero attached hydrogens (tertiary/aromatic N) is 1. The summed E-state index contributed by atoms with van der Waals surface area (Å²) in [6.07, 6.45) is 0.878. The Bertz CT molecular complexity index is 719. The maximum atomic E-state index is 11.5. The van der Waals surface area contributed by atoms with Crippen LogP contribution >= 0.6 is 11.6 Å². The van der Waals surface area contributed by atoms with E-state index in [0.29, 0.717) is 17.2 Å². The van der Waals surface area contributed by atoms with Gasteiger partial charge in [-0.15, -0.1) is 0 Å². The zero-order chi connectivity index (χ0) is 16.9. The average molecular weight is 347 g/mol. The van der Waals surface area contributed by atoms with E-state index in [-0.39, 0.29) is 0 Å². The molecule has 0 fully saturated rings. The van der Waals surface area contributed by atoms with Crippen LogP contribution in [0.2, 0.25) is 5.02 Å². The predicted octanol–water partition coefficient (Wildman–Crippen LogP) is 2.90. The van der Waals surface area contributed by atoms with Gasteiger partial charge in [-0.2, -0.15) is 0 Å². The van der Waals surface area contributed by atoms with E-state index in [4.69, 9.17) is 21.5 Å². The van der Waals surface area contributed by atoms with Crippen LogP contribution in [0.4, 0.5) is 0 Å². The van der Waals surface area contributed by atoms with Crippen LogP contribution in [0, 0.1) is 0 Å². The van der Waals surface area contributed by atoms with Crippen LogP contribution in [0.25, 0.3) is 0 Å². The van der Waals surface area contributed by atoms with Gasteiger partial charge in [-0.25, -0.2) is 5.48 Å². The van der Waals surface area contributed by atoms with Crippen molar-refractivity contribution < 1.29 is 14.7 Å². The van der Waals surface area contributed by atoms with Crippen LogP contribution in [-0.2, 0) is 13.0 Å². The Morgan fingerprint density at radius 3 is 2.75 bits per heavy atom. The molecule has 2 N–H and O–H groups in total. The summed E-state index contributed by atoms with van der Waals surface area (Å²) in [5.74, 6) is 0.341. The maximum absolute atomic E-state index is 11.5. The molecule has 1 heterocycles. The molecule has 6 heteroatoms. The van der Waals surface area contributed by atoms with Gasteiger partial charge >= 0.3 is 0 Å². The molecule has 0 unspecified atom stereocenters. The van der Waals surface area contributed by atoms with Crippen LogP contribution in [-0.4, -0.2) is 35.7 Å². The van der Waals surface area contributed by atoms with Crippen molar-refractivity contribution in [2.75, 3.05) is 19.7 Å². The van der Waals surface area contributed by atoms with Crippen molar-refractivity contribution in [3.05, 3.63) is 64.2 Å². The molecule has 0 bridgehead atoms. The fourth-order valence-electron chi connectivity index (χ4n) is 2.83. The molecule has 5 nitrogen and oxygen atoms in total. The molecular formula is C18H19ClN2O3. The molecule has 126 valence electrons. The molecule has 0 aromatic heterocycles. The number of hydrogen-bond acceptors (Lipinski definition) is 4. The van der Waals surface area contributed by atoms with Crippen LogP contribution < -0.4 is 10.2 Å². The molecule has 1 aliphatic rings. The number of nitrogens with one attached hydrogen (secondary N) is 1. The third kappa shape index (κ3) is 4.06. The lowest BCUT2D eigenvalue weighted by Crippen LogP contribution is -2.34. The van der Waals surface area contributed by atoms with E-state index in [1.165, 1.54) is 5.56 Å². The Kier molecular flexibility index (Phi) is 5.35. The minimum Gasteiger partial charge on any atom is -0.492 e. The standard InChI is InChI=1S/C18H19ClN2O3/c19-16-3-5-17(6-4-16)24-10-9-21-8-7-13-11-14(18(22)20-23)1-2-15(13)12-21/h1-6,11,23H,7-10,12H2,(H,20,22). The molecule has 24 heavy (non-hydrogen) atoms. The fraction of sp³-hybridized carbons (Fsp3) is 0.278. The highest BCUT2D eigenvalue weighted by atomic mass is 35.5. The fourth-order valence-corrected chi connectivity index (χ4v) is 2.96. The SMILES string of the molecule is O=C(NO)c1ccc2c(c1)CCN(CCOc1ccc(Cl)cc1)C2. The van der Waals surface area contributed by atoms with Crippen LogP contribution in [0.1, 0.15) is 21.5 Å². The Morgan fingerprint density at radius 1 is 1.21 bits per heavy atom. The Hall–Kier alpha value is -2.08. The van der Waals surface area contributed by atoms with Gasteiger partial charge in [0.15, 0.2) is 0 Å². The van der Waals surface area contributed by atoms with Crippen molar-refractivity contribution in [1.29, 1.82) is 0 Å². The zero-order valence-electron chi connectivity index (χ0n) is 13.2. The second-order valence-corrected chi connectivity index (χ2v) is 6.19. The number of hydrogen-bond donors (Lipinski definition) is 2. The van der Waals surface area contributed by atoms with Crippen LogP contribution in [0.5, 0.6) is 5.75 Å². The number of ether oxygens (including phenoxy) is 1. The summed E-state index contributed by atoms with van der Waals surface area (Å²) < 4.78 is 5.74. The molecule has 1 aliphatic heterocycles. The predicted molar refractivity (Wildman–Crippen MR) is 91.6 cm³/mol. The molecule has 2 aromatic rings. The summed E-state index contributed by atoms with van der Waals surface area (Å²) in [5, 5.41) is 9.41. The van der Waals surface area contributed by atoms with Crippen molar-refractivity contribution in [1.82, 2.24) is 10.4 Å². The first-order chi connectivity index (χ1) is 11.7. The first-order valence-electron chi connectivity index (χ1n) is 7.82. The Morgan fingerprint density at radius 2 is 2.00 bits per heavy atom. The maximum Gasteiger partial charge on any atom is 0.274 e.